The molecule has 1 aromatic heterocycles. The van der Waals surface area contributed by atoms with Gasteiger partial charge < -0.3 is 10.2 Å². The van der Waals surface area contributed by atoms with Crippen molar-refractivity contribution in [3.05, 3.63) is 46.5 Å². The highest BCUT2D eigenvalue weighted by Crippen LogP contribution is 2.27. The van der Waals surface area contributed by atoms with Crippen LogP contribution in [0.15, 0.2) is 30.5 Å². The quantitative estimate of drug-likeness (QED) is 0.877. The lowest BCUT2D eigenvalue weighted by atomic mass is 10.1. The largest absolute Gasteiger partial charge is 0.347 e. The average Bonchev–Trinajstić information content (AvgIpc) is 2.91. The van der Waals surface area contributed by atoms with Crippen LogP contribution in [0, 0.1) is 6.92 Å². The van der Waals surface area contributed by atoms with Gasteiger partial charge in [0.1, 0.15) is 0 Å². The van der Waals surface area contributed by atoms with E-state index in [9.17, 15) is 0 Å². The Balaban J connectivity index is 2.06. The zero-order chi connectivity index (χ0) is 14.5. The first-order chi connectivity index (χ1) is 9.61. The maximum atomic E-state index is 4.55. The summed E-state index contributed by atoms with van der Waals surface area (Å²) in [4.78, 5) is 8.06. The lowest BCUT2D eigenvalue weighted by Gasteiger charge is -2.17. The number of aromatic nitrogens is 1. The van der Waals surface area contributed by atoms with Gasteiger partial charge in [0.25, 0.3) is 0 Å². The molecule has 0 aliphatic heterocycles. The van der Waals surface area contributed by atoms with E-state index in [1.54, 1.807) is 11.3 Å². The number of thiazole rings is 1. The first-order valence-electron chi connectivity index (χ1n) is 7.06. The van der Waals surface area contributed by atoms with Crippen LogP contribution in [-0.4, -0.2) is 18.6 Å². The fraction of sp³-hybridized carbons (Fsp3) is 0.438. The Labute approximate surface area is 125 Å². The van der Waals surface area contributed by atoms with E-state index in [0.29, 0.717) is 6.04 Å². The van der Waals surface area contributed by atoms with Crippen LogP contribution >= 0.6 is 11.3 Å². The van der Waals surface area contributed by atoms with E-state index in [1.807, 2.05) is 6.20 Å². The summed E-state index contributed by atoms with van der Waals surface area (Å²) in [5.74, 6) is 0. The minimum absolute atomic E-state index is 0.373. The van der Waals surface area contributed by atoms with Gasteiger partial charge in [-0.2, -0.15) is 0 Å². The lowest BCUT2D eigenvalue weighted by Crippen LogP contribution is -2.17. The van der Waals surface area contributed by atoms with Crippen molar-refractivity contribution in [1.29, 1.82) is 0 Å². The molecular formula is C16H23N3S. The van der Waals surface area contributed by atoms with Crippen molar-refractivity contribution in [3.63, 3.8) is 0 Å². The molecule has 1 unspecified atom stereocenters. The minimum Gasteiger partial charge on any atom is -0.347 e. The number of hydrogen-bond acceptors (Lipinski definition) is 4. The molecule has 2 aromatic rings. The van der Waals surface area contributed by atoms with Crippen molar-refractivity contribution < 1.29 is 0 Å². The van der Waals surface area contributed by atoms with Crippen molar-refractivity contribution in [1.82, 2.24) is 10.3 Å². The van der Waals surface area contributed by atoms with Gasteiger partial charge in [-0.15, -0.1) is 11.3 Å². The molecule has 4 heteroatoms. The standard InChI is InChI=1S/C16H23N3S/c1-5-17-13(3)15-10-18-16(20-15)19(4)11-14-9-7-6-8-12(14)2/h6-10,13,17H,5,11H2,1-4H3. The van der Waals surface area contributed by atoms with Gasteiger partial charge in [0, 0.05) is 30.7 Å². The molecule has 0 aliphatic rings. The number of nitrogens with one attached hydrogen (secondary N) is 1. The van der Waals surface area contributed by atoms with E-state index >= 15 is 0 Å². The number of hydrogen-bond donors (Lipinski definition) is 1. The highest BCUT2D eigenvalue weighted by Gasteiger charge is 2.12. The third kappa shape index (κ3) is 3.58. The molecule has 0 saturated heterocycles. The number of benzene rings is 1. The van der Waals surface area contributed by atoms with E-state index < -0.39 is 0 Å². The third-order valence-electron chi connectivity index (χ3n) is 3.44. The Morgan fingerprint density at radius 2 is 2.10 bits per heavy atom. The van der Waals surface area contributed by atoms with Gasteiger partial charge in [-0.3, -0.25) is 0 Å². The number of anilines is 1. The van der Waals surface area contributed by atoms with Crippen LogP contribution in [0.2, 0.25) is 0 Å². The highest BCUT2D eigenvalue weighted by molar-refractivity contribution is 7.15. The Morgan fingerprint density at radius 3 is 2.80 bits per heavy atom. The van der Waals surface area contributed by atoms with E-state index in [1.165, 1.54) is 16.0 Å². The summed E-state index contributed by atoms with van der Waals surface area (Å²) < 4.78 is 0. The molecule has 108 valence electrons. The van der Waals surface area contributed by atoms with Gasteiger partial charge in [0.05, 0.1) is 0 Å². The molecule has 1 atom stereocenters. The highest BCUT2D eigenvalue weighted by atomic mass is 32.1. The molecule has 20 heavy (non-hydrogen) atoms. The Morgan fingerprint density at radius 1 is 1.35 bits per heavy atom. The second kappa shape index (κ2) is 6.86. The summed E-state index contributed by atoms with van der Waals surface area (Å²) in [6.07, 6.45) is 1.99. The molecule has 1 heterocycles. The van der Waals surface area contributed by atoms with Gasteiger partial charge in [0.15, 0.2) is 5.13 Å². The van der Waals surface area contributed by atoms with Crippen LogP contribution < -0.4 is 10.2 Å². The van der Waals surface area contributed by atoms with Crippen molar-refractivity contribution in [2.45, 2.75) is 33.4 Å². The Kier molecular flexibility index (Phi) is 5.15. The second-order valence-electron chi connectivity index (χ2n) is 5.11. The summed E-state index contributed by atoms with van der Waals surface area (Å²) in [5, 5.41) is 4.50. The SMILES string of the molecule is CCNC(C)c1cnc(N(C)Cc2ccccc2C)s1. The smallest absolute Gasteiger partial charge is 0.185 e. The van der Waals surface area contributed by atoms with Crippen LogP contribution in [-0.2, 0) is 6.54 Å². The van der Waals surface area contributed by atoms with E-state index in [4.69, 9.17) is 0 Å². The monoisotopic (exact) mass is 289 g/mol. The molecule has 0 saturated carbocycles. The Hall–Kier alpha value is -1.39. The minimum atomic E-state index is 0.373. The fourth-order valence-electron chi connectivity index (χ4n) is 2.17. The summed E-state index contributed by atoms with van der Waals surface area (Å²) in [6.45, 7) is 8.34. The van der Waals surface area contributed by atoms with Crippen LogP contribution in [0.3, 0.4) is 0 Å². The molecule has 0 amide bonds. The number of aryl methyl sites for hydroxylation is 1. The van der Waals surface area contributed by atoms with Crippen molar-refractivity contribution in [3.8, 4) is 0 Å². The van der Waals surface area contributed by atoms with Gasteiger partial charge >= 0.3 is 0 Å². The maximum Gasteiger partial charge on any atom is 0.185 e. The third-order valence-corrected chi connectivity index (χ3v) is 4.74. The van der Waals surface area contributed by atoms with Crippen molar-refractivity contribution >= 4 is 16.5 Å². The maximum absolute atomic E-state index is 4.55. The van der Waals surface area contributed by atoms with Gasteiger partial charge in [0.2, 0.25) is 0 Å². The van der Waals surface area contributed by atoms with Crippen molar-refractivity contribution in [2.24, 2.45) is 0 Å². The molecular weight excluding hydrogens is 266 g/mol. The molecule has 2 rings (SSSR count). The number of nitrogens with zero attached hydrogens (tertiary/aromatic N) is 2. The topological polar surface area (TPSA) is 28.2 Å². The molecule has 0 fully saturated rings. The predicted octanol–water partition coefficient (Wildman–Crippen LogP) is 3.76. The summed E-state index contributed by atoms with van der Waals surface area (Å²) in [6, 6.07) is 8.89. The Bertz CT molecular complexity index is 550. The fourth-order valence-corrected chi connectivity index (χ4v) is 3.07. The molecule has 0 radical (unpaired) electrons. The summed E-state index contributed by atoms with van der Waals surface area (Å²) in [7, 11) is 2.10. The van der Waals surface area contributed by atoms with Crippen LogP contribution in [0.4, 0.5) is 5.13 Å². The van der Waals surface area contributed by atoms with Crippen LogP contribution in [0.25, 0.3) is 0 Å². The predicted molar refractivity (Wildman–Crippen MR) is 87.5 cm³/mol. The van der Waals surface area contributed by atoms with Gasteiger partial charge in [-0.05, 0) is 31.5 Å². The molecule has 0 spiro atoms. The first kappa shape index (κ1) is 15.0. The van der Waals surface area contributed by atoms with Crippen LogP contribution in [0.1, 0.15) is 35.9 Å². The average molecular weight is 289 g/mol. The van der Waals surface area contributed by atoms with E-state index in [0.717, 1.165) is 18.2 Å². The summed E-state index contributed by atoms with van der Waals surface area (Å²) in [5.41, 5.74) is 2.68. The van der Waals surface area contributed by atoms with Gasteiger partial charge in [-0.25, -0.2) is 4.98 Å². The molecule has 0 aliphatic carbocycles. The normalized spacial score (nSPS) is 12.4. The van der Waals surface area contributed by atoms with Gasteiger partial charge in [-0.1, -0.05) is 31.2 Å². The molecule has 1 N–H and O–H groups in total. The summed E-state index contributed by atoms with van der Waals surface area (Å²) >= 11 is 1.77. The number of rotatable bonds is 6. The molecule has 0 bridgehead atoms. The molecule has 1 aromatic carbocycles. The zero-order valence-electron chi connectivity index (χ0n) is 12.7. The van der Waals surface area contributed by atoms with E-state index in [2.05, 4.69) is 67.3 Å². The van der Waals surface area contributed by atoms with Crippen LogP contribution in [0.5, 0.6) is 0 Å². The van der Waals surface area contributed by atoms with Crippen molar-refractivity contribution in [2.75, 3.05) is 18.5 Å². The first-order valence-corrected chi connectivity index (χ1v) is 7.88. The lowest BCUT2D eigenvalue weighted by molar-refractivity contribution is 0.606. The second-order valence-corrected chi connectivity index (χ2v) is 6.15. The molecule has 3 nitrogen and oxygen atoms in total. The zero-order valence-corrected chi connectivity index (χ0v) is 13.5. The van der Waals surface area contributed by atoms with E-state index in [-0.39, 0.29) is 0 Å².